The number of carbonyl (C=O) groups is 2. The molecule has 0 spiro atoms. The van der Waals surface area contributed by atoms with Crippen LogP contribution in [0.5, 0.6) is 5.75 Å². The fourth-order valence-electron chi connectivity index (χ4n) is 1.96. The van der Waals surface area contributed by atoms with Crippen LogP contribution in [-0.4, -0.2) is 31.4 Å². The van der Waals surface area contributed by atoms with Crippen LogP contribution in [0.4, 0.5) is 0 Å². The largest absolute Gasteiger partial charge is 0.492 e. The number of ketones is 2. The highest BCUT2D eigenvalue weighted by Gasteiger charge is 2.33. The van der Waals surface area contributed by atoms with Crippen molar-refractivity contribution in [3.8, 4) is 5.75 Å². The van der Waals surface area contributed by atoms with Crippen molar-refractivity contribution in [1.29, 1.82) is 0 Å². The topological polar surface area (TPSA) is 52.6 Å². The molecule has 0 radical (unpaired) electrons. The molecule has 1 aromatic carbocycles. The molecule has 0 fully saturated rings. The highest BCUT2D eigenvalue weighted by atomic mass is 16.5. The van der Waals surface area contributed by atoms with Gasteiger partial charge in [0.25, 0.3) is 0 Å². The van der Waals surface area contributed by atoms with E-state index < -0.39 is 5.92 Å². The highest BCUT2D eigenvalue weighted by Crippen LogP contribution is 2.27. The molecule has 4 heteroatoms. The van der Waals surface area contributed by atoms with Gasteiger partial charge in [0.15, 0.2) is 5.78 Å². The Morgan fingerprint density at radius 3 is 3.00 bits per heavy atom. The first-order chi connectivity index (χ1) is 8.74. The predicted octanol–water partition coefficient (Wildman–Crippen LogP) is 1.87. The van der Waals surface area contributed by atoms with Crippen molar-refractivity contribution < 1.29 is 19.1 Å². The quantitative estimate of drug-likeness (QED) is 0.589. The molecule has 0 aliphatic carbocycles. The lowest BCUT2D eigenvalue weighted by Gasteiger charge is -2.23. The second-order valence-electron chi connectivity index (χ2n) is 4.14. The third-order valence-electron chi connectivity index (χ3n) is 2.96. The van der Waals surface area contributed by atoms with Gasteiger partial charge in [-0.15, -0.1) is 0 Å². The maximum Gasteiger partial charge on any atom is 0.180 e. The summed E-state index contributed by atoms with van der Waals surface area (Å²) in [6.45, 7) is 2.95. The van der Waals surface area contributed by atoms with E-state index in [-0.39, 0.29) is 24.6 Å². The fraction of sp³-hybridized carbons (Fsp3) is 0.429. The third-order valence-corrected chi connectivity index (χ3v) is 2.96. The number of para-hydroxylation sites is 1. The van der Waals surface area contributed by atoms with Crippen molar-refractivity contribution in [2.75, 3.05) is 19.8 Å². The lowest BCUT2D eigenvalue weighted by atomic mass is 9.90. The highest BCUT2D eigenvalue weighted by molar-refractivity contribution is 6.12. The summed E-state index contributed by atoms with van der Waals surface area (Å²) in [6, 6.07) is 7.02. The van der Waals surface area contributed by atoms with Crippen LogP contribution in [0.3, 0.4) is 0 Å². The molecule has 1 heterocycles. The van der Waals surface area contributed by atoms with E-state index in [9.17, 15) is 9.59 Å². The van der Waals surface area contributed by atoms with E-state index in [2.05, 4.69) is 0 Å². The van der Waals surface area contributed by atoms with Gasteiger partial charge in [0, 0.05) is 13.0 Å². The summed E-state index contributed by atoms with van der Waals surface area (Å²) in [6.07, 6.45) is 0.260. The van der Waals surface area contributed by atoms with E-state index in [1.165, 1.54) is 0 Å². The van der Waals surface area contributed by atoms with Crippen LogP contribution in [0.2, 0.25) is 0 Å². The second kappa shape index (κ2) is 5.78. The second-order valence-corrected chi connectivity index (χ2v) is 4.14. The third kappa shape index (κ3) is 2.59. The maximum atomic E-state index is 12.1. The van der Waals surface area contributed by atoms with Gasteiger partial charge in [0.1, 0.15) is 24.1 Å². The van der Waals surface area contributed by atoms with Gasteiger partial charge in [-0.25, -0.2) is 0 Å². The molecule has 96 valence electrons. The molecule has 0 aromatic heterocycles. The molecule has 18 heavy (non-hydrogen) atoms. The first-order valence-electron chi connectivity index (χ1n) is 6.10. The minimum absolute atomic E-state index is 0.108. The molecule has 1 atom stereocenters. The van der Waals surface area contributed by atoms with Crippen LogP contribution < -0.4 is 4.74 Å². The van der Waals surface area contributed by atoms with E-state index >= 15 is 0 Å². The average molecular weight is 248 g/mol. The Morgan fingerprint density at radius 1 is 1.44 bits per heavy atom. The molecule has 0 saturated carbocycles. The van der Waals surface area contributed by atoms with Gasteiger partial charge in [0.05, 0.1) is 12.2 Å². The maximum absolute atomic E-state index is 12.1. The van der Waals surface area contributed by atoms with E-state index in [0.29, 0.717) is 24.5 Å². The molecule has 0 amide bonds. The fourth-order valence-corrected chi connectivity index (χ4v) is 1.96. The predicted molar refractivity (Wildman–Crippen MR) is 65.9 cm³/mol. The number of fused-ring (bicyclic) bond motifs is 1. The molecule has 1 aliphatic heterocycles. The Labute approximate surface area is 106 Å². The lowest BCUT2D eigenvalue weighted by molar-refractivity contribution is -0.123. The molecule has 1 aromatic rings. The van der Waals surface area contributed by atoms with Crippen molar-refractivity contribution >= 4 is 11.6 Å². The van der Waals surface area contributed by atoms with E-state index in [1.807, 2.05) is 13.0 Å². The molecule has 0 N–H and O–H groups in total. The lowest BCUT2D eigenvalue weighted by Crippen LogP contribution is -2.34. The van der Waals surface area contributed by atoms with E-state index in [0.717, 1.165) is 0 Å². The van der Waals surface area contributed by atoms with E-state index in [4.69, 9.17) is 9.47 Å². The molecule has 1 unspecified atom stereocenters. The normalized spacial score (nSPS) is 18.1. The minimum Gasteiger partial charge on any atom is -0.492 e. The number of hydrogen-bond acceptors (Lipinski definition) is 4. The Hall–Kier alpha value is -1.68. The molecule has 4 nitrogen and oxygen atoms in total. The summed E-state index contributed by atoms with van der Waals surface area (Å²) in [4.78, 5) is 24.1. The number of benzene rings is 1. The van der Waals surface area contributed by atoms with Gasteiger partial charge in [-0.1, -0.05) is 12.1 Å². The van der Waals surface area contributed by atoms with Crippen LogP contribution in [0, 0.1) is 5.92 Å². The van der Waals surface area contributed by atoms with Crippen molar-refractivity contribution in [2.24, 2.45) is 5.92 Å². The van der Waals surface area contributed by atoms with Gasteiger partial charge < -0.3 is 9.47 Å². The standard InChI is InChI=1S/C14H16O4/c1-2-17-8-7-12(15)11-9-18-13-6-4-3-5-10(13)14(11)16/h3-6,11H,2,7-9H2,1H3. The van der Waals surface area contributed by atoms with Crippen molar-refractivity contribution in [1.82, 2.24) is 0 Å². The minimum atomic E-state index is -0.680. The Morgan fingerprint density at radius 2 is 2.22 bits per heavy atom. The number of Topliss-reactive ketones (excluding diaryl/α,β-unsaturated/α-hetero) is 2. The number of carbonyl (C=O) groups excluding carboxylic acids is 2. The SMILES string of the molecule is CCOCCC(=O)C1COc2ccccc2C1=O. The van der Waals surface area contributed by atoms with Crippen LogP contribution in [-0.2, 0) is 9.53 Å². The smallest absolute Gasteiger partial charge is 0.180 e. The zero-order chi connectivity index (χ0) is 13.0. The molecule has 0 saturated heterocycles. The average Bonchev–Trinajstić information content (AvgIpc) is 2.39. The number of ether oxygens (including phenoxy) is 2. The Bertz CT molecular complexity index is 453. The number of hydrogen-bond donors (Lipinski definition) is 0. The van der Waals surface area contributed by atoms with E-state index in [1.54, 1.807) is 18.2 Å². The molecular formula is C14H16O4. The van der Waals surface area contributed by atoms with Gasteiger partial charge in [0.2, 0.25) is 0 Å². The summed E-state index contributed by atoms with van der Waals surface area (Å²) in [5.41, 5.74) is 0.499. The molecule has 1 aliphatic rings. The number of rotatable bonds is 5. The van der Waals surface area contributed by atoms with Crippen LogP contribution in [0.1, 0.15) is 23.7 Å². The zero-order valence-electron chi connectivity index (χ0n) is 10.3. The van der Waals surface area contributed by atoms with Gasteiger partial charge in [-0.05, 0) is 19.1 Å². The van der Waals surface area contributed by atoms with Crippen molar-refractivity contribution in [3.63, 3.8) is 0 Å². The van der Waals surface area contributed by atoms with Crippen molar-refractivity contribution in [3.05, 3.63) is 29.8 Å². The van der Waals surface area contributed by atoms with Gasteiger partial charge in [-0.2, -0.15) is 0 Å². The molecular weight excluding hydrogens is 232 g/mol. The molecule has 0 bridgehead atoms. The Balaban J connectivity index is 2.05. The monoisotopic (exact) mass is 248 g/mol. The van der Waals surface area contributed by atoms with Gasteiger partial charge >= 0.3 is 0 Å². The first kappa shape index (κ1) is 12.8. The van der Waals surface area contributed by atoms with Crippen LogP contribution >= 0.6 is 0 Å². The zero-order valence-corrected chi connectivity index (χ0v) is 10.3. The first-order valence-corrected chi connectivity index (χ1v) is 6.10. The summed E-state index contributed by atoms with van der Waals surface area (Å²) < 4.78 is 10.6. The molecule has 2 rings (SSSR count). The van der Waals surface area contributed by atoms with Gasteiger partial charge in [-0.3, -0.25) is 9.59 Å². The van der Waals surface area contributed by atoms with Crippen molar-refractivity contribution in [2.45, 2.75) is 13.3 Å². The van der Waals surface area contributed by atoms with Crippen LogP contribution in [0.25, 0.3) is 0 Å². The summed E-state index contributed by atoms with van der Waals surface area (Å²) in [7, 11) is 0. The van der Waals surface area contributed by atoms with Crippen LogP contribution in [0.15, 0.2) is 24.3 Å². The summed E-state index contributed by atoms with van der Waals surface area (Å²) in [5.74, 6) is -0.363. The summed E-state index contributed by atoms with van der Waals surface area (Å²) in [5, 5.41) is 0. The Kier molecular flexibility index (Phi) is 4.10. The summed E-state index contributed by atoms with van der Waals surface area (Å²) >= 11 is 0.